The molecule has 0 aromatic rings. The zero-order valence-electron chi connectivity index (χ0n) is 18.7. The van der Waals surface area contributed by atoms with Crippen LogP contribution in [0, 0.1) is 11.3 Å². The van der Waals surface area contributed by atoms with Crippen LogP contribution >= 0.6 is 0 Å². The predicted molar refractivity (Wildman–Crippen MR) is 120 cm³/mol. The van der Waals surface area contributed by atoms with Gasteiger partial charge in [-0.2, -0.15) is 5.26 Å². The second-order valence-corrected chi connectivity index (χ2v) is 8.27. The molecule has 0 fully saturated rings. The molecular weight excluding hydrogens is 330 g/mol. The van der Waals surface area contributed by atoms with Crippen molar-refractivity contribution in [2.75, 3.05) is 19.6 Å². The number of nitriles is 1. The second-order valence-electron chi connectivity index (χ2n) is 8.27. The highest BCUT2D eigenvalue weighted by Crippen LogP contribution is 2.13. The quantitative estimate of drug-likeness (QED) is 0.205. The summed E-state index contributed by atoms with van der Waals surface area (Å²) >= 11 is 0. The molecule has 27 heavy (non-hydrogen) atoms. The van der Waals surface area contributed by atoms with Crippen LogP contribution in [0.1, 0.15) is 123 Å². The van der Waals surface area contributed by atoms with Crippen molar-refractivity contribution in [3.63, 3.8) is 0 Å². The first-order valence-electron chi connectivity index (χ1n) is 12.1. The van der Waals surface area contributed by atoms with E-state index in [0.717, 1.165) is 19.6 Å². The minimum atomic E-state index is 0.458. The molecule has 160 valence electrons. The molecule has 0 radical (unpaired) electrons. The van der Waals surface area contributed by atoms with Crippen molar-refractivity contribution in [1.29, 1.82) is 5.26 Å². The van der Waals surface area contributed by atoms with E-state index in [4.69, 9.17) is 5.26 Å². The third-order valence-electron chi connectivity index (χ3n) is 5.39. The summed E-state index contributed by atoms with van der Waals surface area (Å²) in [6.07, 6.45) is 23.4. The van der Waals surface area contributed by atoms with Crippen LogP contribution in [0.15, 0.2) is 0 Å². The Kier molecular flexibility index (Phi) is 22.9. The SMILES string of the molecule is CCCCCCCCCCCCCCCCCCNCC(C)NCCC#N. The molecule has 1 unspecified atom stereocenters. The molecule has 0 bridgehead atoms. The summed E-state index contributed by atoms with van der Waals surface area (Å²) in [5, 5.41) is 15.4. The molecule has 1 atom stereocenters. The first-order chi connectivity index (χ1) is 13.3. The lowest BCUT2D eigenvalue weighted by Crippen LogP contribution is -2.37. The van der Waals surface area contributed by atoms with Crippen molar-refractivity contribution in [2.45, 2.75) is 129 Å². The number of rotatable bonds is 22. The van der Waals surface area contributed by atoms with Gasteiger partial charge in [-0.25, -0.2) is 0 Å². The van der Waals surface area contributed by atoms with Crippen LogP contribution in [0.5, 0.6) is 0 Å². The average Bonchev–Trinajstić information content (AvgIpc) is 2.67. The van der Waals surface area contributed by atoms with Crippen molar-refractivity contribution < 1.29 is 0 Å². The van der Waals surface area contributed by atoms with Gasteiger partial charge in [-0.05, 0) is 19.9 Å². The van der Waals surface area contributed by atoms with Crippen LogP contribution in [-0.4, -0.2) is 25.7 Å². The molecule has 0 rings (SSSR count). The van der Waals surface area contributed by atoms with Gasteiger partial charge in [0.15, 0.2) is 0 Å². The molecule has 0 spiro atoms. The molecule has 0 heterocycles. The van der Waals surface area contributed by atoms with Crippen LogP contribution < -0.4 is 10.6 Å². The lowest BCUT2D eigenvalue weighted by atomic mass is 10.0. The summed E-state index contributed by atoms with van der Waals surface area (Å²) in [6, 6.07) is 2.63. The second kappa shape index (κ2) is 23.4. The van der Waals surface area contributed by atoms with E-state index in [0.29, 0.717) is 12.5 Å². The molecule has 0 saturated carbocycles. The Balaban J connectivity index is 3.06. The fraction of sp³-hybridized carbons (Fsp3) is 0.958. The standard InChI is InChI=1S/C24H49N3/c1-3-4-5-6-7-8-9-10-11-12-13-14-15-16-17-18-21-26-23-24(2)27-22-19-20-25/h24,26-27H,3-19,21-23H2,1-2H3. The fourth-order valence-corrected chi connectivity index (χ4v) is 3.56. The van der Waals surface area contributed by atoms with E-state index in [9.17, 15) is 0 Å². The molecular formula is C24H49N3. The minimum Gasteiger partial charge on any atom is -0.315 e. The number of hydrogen-bond acceptors (Lipinski definition) is 3. The third-order valence-corrected chi connectivity index (χ3v) is 5.39. The molecule has 0 aliphatic carbocycles. The van der Waals surface area contributed by atoms with Crippen LogP contribution in [0.2, 0.25) is 0 Å². The Morgan fingerprint density at radius 3 is 1.56 bits per heavy atom. The highest BCUT2D eigenvalue weighted by atomic mass is 15.0. The highest BCUT2D eigenvalue weighted by molar-refractivity contribution is 4.72. The van der Waals surface area contributed by atoms with E-state index in [2.05, 4.69) is 30.6 Å². The molecule has 0 amide bonds. The van der Waals surface area contributed by atoms with Gasteiger partial charge in [0.25, 0.3) is 0 Å². The zero-order chi connectivity index (χ0) is 19.8. The van der Waals surface area contributed by atoms with Gasteiger partial charge in [0.05, 0.1) is 6.07 Å². The predicted octanol–water partition coefficient (Wildman–Crippen LogP) is 6.73. The molecule has 3 heteroatoms. The first kappa shape index (κ1) is 26.4. The smallest absolute Gasteiger partial charge is 0.0635 e. The van der Waals surface area contributed by atoms with Crippen molar-refractivity contribution in [2.24, 2.45) is 0 Å². The maximum Gasteiger partial charge on any atom is 0.0635 e. The third kappa shape index (κ3) is 23.4. The normalized spacial score (nSPS) is 12.2. The summed E-state index contributed by atoms with van der Waals surface area (Å²) in [6.45, 7) is 7.41. The topological polar surface area (TPSA) is 47.8 Å². The zero-order valence-corrected chi connectivity index (χ0v) is 18.7. The van der Waals surface area contributed by atoms with Crippen molar-refractivity contribution in [1.82, 2.24) is 10.6 Å². The van der Waals surface area contributed by atoms with Crippen LogP contribution in [0.25, 0.3) is 0 Å². The van der Waals surface area contributed by atoms with Crippen molar-refractivity contribution in [3.05, 3.63) is 0 Å². The van der Waals surface area contributed by atoms with Crippen LogP contribution in [-0.2, 0) is 0 Å². The molecule has 0 aromatic heterocycles. The van der Waals surface area contributed by atoms with E-state index in [1.165, 1.54) is 103 Å². The summed E-state index contributed by atoms with van der Waals surface area (Å²) in [5.74, 6) is 0. The van der Waals surface area contributed by atoms with Crippen LogP contribution in [0.3, 0.4) is 0 Å². The van der Waals surface area contributed by atoms with Gasteiger partial charge in [-0.1, -0.05) is 103 Å². The van der Waals surface area contributed by atoms with E-state index < -0.39 is 0 Å². The summed E-state index contributed by atoms with van der Waals surface area (Å²) in [5.41, 5.74) is 0. The Morgan fingerprint density at radius 2 is 1.11 bits per heavy atom. The maximum absolute atomic E-state index is 8.51. The van der Waals surface area contributed by atoms with E-state index in [-0.39, 0.29) is 0 Å². The Bertz CT molecular complexity index is 311. The Morgan fingerprint density at radius 1 is 0.667 bits per heavy atom. The molecule has 0 saturated heterocycles. The summed E-state index contributed by atoms with van der Waals surface area (Å²) in [7, 11) is 0. The lowest BCUT2D eigenvalue weighted by Gasteiger charge is -2.13. The van der Waals surface area contributed by atoms with E-state index in [1.54, 1.807) is 0 Å². The molecule has 0 aliphatic rings. The number of nitrogens with zero attached hydrogens (tertiary/aromatic N) is 1. The molecule has 3 nitrogen and oxygen atoms in total. The molecule has 0 aliphatic heterocycles. The monoisotopic (exact) mass is 379 g/mol. The van der Waals surface area contributed by atoms with Gasteiger partial charge in [0.1, 0.15) is 0 Å². The first-order valence-corrected chi connectivity index (χ1v) is 12.1. The molecule has 2 N–H and O–H groups in total. The fourth-order valence-electron chi connectivity index (χ4n) is 3.56. The summed E-state index contributed by atoms with van der Waals surface area (Å²) in [4.78, 5) is 0. The van der Waals surface area contributed by atoms with Crippen molar-refractivity contribution in [3.8, 4) is 6.07 Å². The van der Waals surface area contributed by atoms with Gasteiger partial charge in [0, 0.05) is 25.6 Å². The average molecular weight is 380 g/mol. The van der Waals surface area contributed by atoms with Gasteiger partial charge >= 0.3 is 0 Å². The maximum atomic E-state index is 8.51. The van der Waals surface area contributed by atoms with E-state index >= 15 is 0 Å². The van der Waals surface area contributed by atoms with Gasteiger partial charge in [-0.3, -0.25) is 0 Å². The lowest BCUT2D eigenvalue weighted by molar-refractivity contribution is 0.491. The Labute approximate surface area is 171 Å². The van der Waals surface area contributed by atoms with Crippen LogP contribution in [0.4, 0.5) is 0 Å². The Hall–Kier alpha value is -0.590. The van der Waals surface area contributed by atoms with Gasteiger partial charge in [0.2, 0.25) is 0 Å². The number of hydrogen-bond donors (Lipinski definition) is 2. The highest BCUT2D eigenvalue weighted by Gasteiger charge is 1.99. The van der Waals surface area contributed by atoms with Crippen molar-refractivity contribution >= 4 is 0 Å². The number of unbranched alkanes of at least 4 members (excludes halogenated alkanes) is 15. The minimum absolute atomic E-state index is 0.458. The summed E-state index contributed by atoms with van der Waals surface area (Å²) < 4.78 is 0. The van der Waals surface area contributed by atoms with Gasteiger partial charge in [-0.15, -0.1) is 0 Å². The van der Waals surface area contributed by atoms with Gasteiger partial charge < -0.3 is 10.6 Å². The van der Waals surface area contributed by atoms with E-state index in [1.807, 2.05) is 0 Å². The largest absolute Gasteiger partial charge is 0.315 e. The number of nitrogens with one attached hydrogen (secondary N) is 2. The molecule has 0 aromatic carbocycles.